The molecule has 0 bridgehead atoms. The lowest BCUT2D eigenvalue weighted by Crippen LogP contribution is -1.98. The van der Waals surface area contributed by atoms with Crippen LogP contribution < -0.4 is 4.72 Å². The molecule has 98 valence electrons. The number of hydrogen-bond donors (Lipinski definition) is 2. The highest BCUT2D eigenvalue weighted by Crippen LogP contribution is 2.25. The van der Waals surface area contributed by atoms with Crippen LogP contribution in [-0.2, 0) is 0 Å². The Labute approximate surface area is 116 Å². The number of carboxylic acids is 1. The maximum absolute atomic E-state index is 10.9. The molecule has 0 spiro atoms. The average molecular weight is 273 g/mol. The summed E-state index contributed by atoms with van der Waals surface area (Å²) in [6.45, 7) is 3.99. The van der Waals surface area contributed by atoms with Gasteiger partial charge in [-0.3, -0.25) is 0 Å². The Balaban J connectivity index is 2.12. The third-order valence-corrected chi connectivity index (χ3v) is 3.61. The van der Waals surface area contributed by atoms with E-state index < -0.39 is 5.97 Å². The Bertz CT molecular complexity index is 594. The highest BCUT2D eigenvalue weighted by molar-refractivity contribution is 8.00. The van der Waals surface area contributed by atoms with Gasteiger partial charge in [-0.05, 0) is 55.6 Å². The molecule has 0 unspecified atom stereocenters. The standard InChI is InChI=1S/C15H15NO2S/c1-10-3-7-13(8-4-10)19-16-14-9-12(15(17)18)6-5-11(14)2/h3-9,16H,1-2H3,(H,17,18). The third kappa shape index (κ3) is 3.51. The fraction of sp³-hybridized carbons (Fsp3) is 0.133. The van der Waals surface area contributed by atoms with Gasteiger partial charge in [0.05, 0.1) is 5.56 Å². The van der Waals surface area contributed by atoms with Crippen molar-refractivity contribution < 1.29 is 9.90 Å². The van der Waals surface area contributed by atoms with Crippen molar-refractivity contribution in [2.75, 3.05) is 4.72 Å². The van der Waals surface area contributed by atoms with Crippen molar-refractivity contribution in [2.45, 2.75) is 18.7 Å². The fourth-order valence-electron chi connectivity index (χ4n) is 1.59. The molecule has 0 aliphatic heterocycles. The van der Waals surface area contributed by atoms with Crippen molar-refractivity contribution in [1.82, 2.24) is 0 Å². The van der Waals surface area contributed by atoms with Crippen molar-refractivity contribution in [3.63, 3.8) is 0 Å². The molecular weight excluding hydrogens is 258 g/mol. The number of anilines is 1. The Morgan fingerprint density at radius 3 is 2.42 bits per heavy atom. The molecule has 0 atom stereocenters. The first-order chi connectivity index (χ1) is 9.06. The Kier molecular flexibility index (Phi) is 4.12. The minimum atomic E-state index is -0.914. The van der Waals surface area contributed by atoms with E-state index in [-0.39, 0.29) is 5.56 Å². The van der Waals surface area contributed by atoms with Crippen LogP contribution in [0.15, 0.2) is 47.4 Å². The van der Waals surface area contributed by atoms with Crippen LogP contribution >= 0.6 is 11.9 Å². The normalized spacial score (nSPS) is 10.2. The van der Waals surface area contributed by atoms with Gasteiger partial charge in [0, 0.05) is 10.6 Å². The Hall–Kier alpha value is -1.94. The van der Waals surface area contributed by atoms with E-state index >= 15 is 0 Å². The third-order valence-electron chi connectivity index (χ3n) is 2.78. The van der Waals surface area contributed by atoms with Gasteiger partial charge in [-0.15, -0.1) is 0 Å². The average Bonchev–Trinajstić information content (AvgIpc) is 2.39. The van der Waals surface area contributed by atoms with Gasteiger partial charge in [0.25, 0.3) is 0 Å². The van der Waals surface area contributed by atoms with Crippen LogP contribution in [0.2, 0.25) is 0 Å². The monoisotopic (exact) mass is 273 g/mol. The number of aromatic carboxylic acids is 1. The van der Waals surface area contributed by atoms with Gasteiger partial charge in [-0.2, -0.15) is 0 Å². The predicted molar refractivity (Wildman–Crippen MR) is 78.8 cm³/mol. The number of aryl methyl sites for hydroxylation is 2. The van der Waals surface area contributed by atoms with Crippen LogP contribution in [0.1, 0.15) is 21.5 Å². The second-order valence-electron chi connectivity index (χ2n) is 4.35. The molecule has 0 saturated carbocycles. The minimum absolute atomic E-state index is 0.289. The molecule has 2 aromatic rings. The zero-order valence-electron chi connectivity index (χ0n) is 10.8. The minimum Gasteiger partial charge on any atom is -0.478 e. The van der Waals surface area contributed by atoms with Crippen molar-refractivity contribution in [3.05, 3.63) is 59.2 Å². The first-order valence-corrected chi connectivity index (χ1v) is 6.71. The van der Waals surface area contributed by atoms with Crippen LogP contribution in [-0.4, -0.2) is 11.1 Å². The quantitative estimate of drug-likeness (QED) is 0.823. The molecule has 19 heavy (non-hydrogen) atoms. The number of carboxylic acid groups (broad SMARTS) is 1. The van der Waals surface area contributed by atoms with E-state index in [4.69, 9.17) is 5.11 Å². The summed E-state index contributed by atoms with van der Waals surface area (Å²) in [5.74, 6) is -0.914. The van der Waals surface area contributed by atoms with E-state index in [0.717, 1.165) is 16.1 Å². The molecule has 0 fully saturated rings. The highest BCUT2D eigenvalue weighted by atomic mass is 32.2. The number of hydrogen-bond acceptors (Lipinski definition) is 3. The van der Waals surface area contributed by atoms with E-state index in [1.807, 2.05) is 44.2 Å². The molecule has 0 saturated heterocycles. The molecule has 2 rings (SSSR count). The molecule has 0 aliphatic carbocycles. The van der Waals surface area contributed by atoms with E-state index in [0.29, 0.717) is 0 Å². The number of nitrogens with one attached hydrogen (secondary N) is 1. The second-order valence-corrected chi connectivity index (χ2v) is 5.23. The van der Waals surface area contributed by atoms with Crippen molar-refractivity contribution in [2.24, 2.45) is 0 Å². The summed E-state index contributed by atoms with van der Waals surface area (Å²) in [6, 6.07) is 13.2. The summed E-state index contributed by atoms with van der Waals surface area (Å²) >= 11 is 1.47. The van der Waals surface area contributed by atoms with Gasteiger partial charge >= 0.3 is 5.97 Å². The van der Waals surface area contributed by atoms with Crippen molar-refractivity contribution >= 4 is 23.6 Å². The highest BCUT2D eigenvalue weighted by Gasteiger charge is 2.06. The first-order valence-electron chi connectivity index (χ1n) is 5.90. The van der Waals surface area contributed by atoms with E-state index in [1.54, 1.807) is 12.1 Å². The molecular formula is C15H15NO2S. The first kappa shape index (κ1) is 13.5. The summed E-state index contributed by atoms with van der Waals surface area (Å²) in [5, 5.41) is 8.98. The van der Waals surface area contributed by atoms with Crippen LogP contribution in [0.25, 0.3) is 0 Å². The number of benzene rings is 2. The molecule has 0 amide bonds. The van der Waals surface area contributed by atoms with E-state index in [2.05, 4.69) is 4.72 Å². The lowest BCUT2D eigenvalue weighted by molar-refractivity contribution is 0.0697. The molecule has 4 heteroatoms. The zero-order chi connectivity index (χ0) is 13.8. The molecule has 3 nitrogen and oxygen atoms in total. The zero-order valence-corrected chi connectivity index (χ0v) is 11.6. The summed E-state index contributed by atoms with van der Waals surface area (Å²) in [4.78, 5) is 12.0. The predicted octanol–water partition coefficient (Wildman–Crippen LogP) is 4.12. The maximum atomic E-state index is 10.9. The second kappa shape index (κ2) is 5.80. The van der Waals surface area contributed by atoms with Gasteiger partial charge in [-0.1, -0.05) is 23.8 Å². The fourth-order valence-corrected chi connectivity index (χ4v) is 2.31. The van der Waals surface area contributed by atoms with E-state index in [9.17, 15) is 4.79 Å². The molecule has 0 aromatic heterocycles. The summed E-state index contributed by atoms with van der Waals surface area (Å²) in [6.07, 6.45) is 0. The Morgan fingerprint density at radius 2 is 1.79 bits per heavy atom. The van der Waals surface area contributed by atoms with Crippen LogP contribution in [0, 0.1) is 13.8 Å². The summed E-state index contributed by atoms with van der Waals surface area (Å²) in [7, 11) is 0. The summed E-state index contributed by atoms with van der Waals surface area (Å²) < 4.78 is 3.20. The van der Waals surface area contributed by atoms with Crippen LogP contribution in [0.5, 0.6) is 0 Å². The van der Waals surface area contributed by atoms with Gasteiger partial charge in [0.15, 0.2) is 0 Å². The largest absolute Gasteiger partial charge is 0.478 e. The molecule has 0 aliphatic rings. The van der Waals surface area contributed by atoms with Crippen molar-refractivity contribution in [1.29, 1.82) is 0 Å². The van der Waals surface area contributed by atoms with Gasteiger partial charge in [0.2, 0.25) is 0 Å². The smallest absolute Gasteiger partial charge is 0.335 e. The van der Waals surface area contributed by atoms with Crippen molar-refractivity contribution in [3.8, 4) is 0 Å². The van der Waals surface area contributed by atoms with E-state index in [1.165, 1.54) is 17.5 Å². The van der Waals surface area contributed by atoms with Crippen LogP contribution in [0.4, 0.5) is 5.69 Å². The van der Waals surface area contributed by atoms with Gasteiger partial charge in [-0.25, -0.2) is 4.79 Å². The number of rotatable bonds is 4. The lowest BCUT2D eigenvalue weighted by atomic mass is 10.1. The molecule has 2 aromatic carbocycles. The maximum Gasteiger partial charge on any atom is 0.335 e. The molecule has 0 heterocycles. The van der Waals surface area contributed by atoms with Crippen LogP contribution in [0.3, 0.4) is 0 Å². The van der Waals surface area contributed by atoms with Gasteiger partial charge in [0.1, 0.15) is 0 Å². The molecule has 2 N–H and O–H groups in total. The molecule has 0 radical (unpaired) electrons. The SMILES string of the molecule is Cc1ccc(SNc2cc(C(=O)O)ccc2C)cc1. The summed E-state index contributed by atoms with van der Waals surface area (Å²) in [5.41, 5.74) is 3.35. The number of carbonyl (C=O) groups is 1. The topological polar surface area (TPSA) is 49.3 Å². The lowest BCUT2D eigenvalue weighted by Gasteiger charge is -2.09. The Morgan fingerprint density at radius 1 is 1.11 bits per heavy atom. The van der Waals surface area contributed by atoms with Gasteiger partial charge < -0.3 is 9.83 Å².